The number of carbonyl (C=O) groups excluding carboxylic acids is 3. The molecule has 254 valence electrons. The molecule has 0 aliphatic carbocycles. The first-order valence-corrected chi connectivity index (χ1v) is 16.3. The Bertz CT molecular complexity index is 1800. The van der Waals surface area contributed by atoms with Gasteiger partial charge in [0.1, 0.15) is 17.8 Å². The Morgan fingerprint density at radius 1 is 1.19 bits per heavy atom. The van der Waals surface area contributed by atoms with Crippen LogP contribution in [0.3, 0.4) is 0 Å². The van der Waals surface area contributed by atoms with E-state index in [1.165, 1.54) is 4.90 Å². The van der Waals surface area contributed by atoms with Crippen molar-refractivity contribution in [2.24, 2.45) is 11.1 Å². The highest BCUT2D eigenvalue weighted by atomic mass is 79.9. The van der Waals surface area contributed by atoms with Crippen LogP contribution >= 0.6 is 15.9 Å². The van der Waals surface area contributed by atoms with Gasteiger partial charge < -0.3 is 30.1 Å². The lowest BCUT2D eigenvalue weighted by Crippen LogP contribution is -2.58. The second kappa shape index (κ2) is 13.9. The minimum atomic E-state index is -1.03. The van der Waals surface area contributed by atoms with E-state index in [2.05, 4.69) is 31.4 Å². The van der Waals surface area contributed by atoms with Gasteiger partial charge in [-0.2, -0.15) is 0 Å². The van der Waals surface area contributed by atoms with Crippen LogP contribution in [0.15, 0.2) is 64.1 Å². The minimum absolute atomic E-state index is 0.0471. The number of imidazole rings is 1. The third-order valence-electron chi connectivity index (χ3n) is 8.33. The molecule has 5 rings (SSSR count). The second-order valence-corrected chi connectivity index (χ2v) is 13.9. The van der Waals surface area contributed by atoms with Gasteiger partial charge in [-0.3, -0.25) is 19.2 Å². The number of nitrogens with two attached hydrogens (primary N) is 1. The number of rotatable bonds is 10. The Kier molecular flexibility index (Phi) is 10.1. The predicted molar refractivity (Wildman–Crippen MR) is 182 cm³/mol. The molecule has 3 heterocycles. The molecule has 1 aliphatic heterocycles. The van der Waals surface area contributed by atoms with Crippen LogP contribution in [0.1, 0.15) is 44.2 Å². The molecule has 3 amide bonds. The summed E-state index contributed by atoms with van der Waals surface area (Å²) in [6, 6.07) is 9.53. The number of carbonyl (C=O) groups is 3. The quantitative estimate of drug-likeness (QED) is 0.203. The third kappa shape index (κ3) is 7.30. The lowest BCUT2D eigenvalue weighted by molar-refractivity contribution is -0.144. The van der Waals surface area contributed by atoms with Crippen molar-refractivity contribution < 1.29 is 28.9 Å². The van der Waals surface area contributed by atoms with E-state index in [4.69, 9.17) is 15.1 Å². The number of aryl methyl sites for hydroxylation is 3. The van der Waals surface area contributed by atoms with Gasteiger partial charge in [0.15, 0.2) is 6.61 Å². The lowest BCUT2D eigenvalue weighted by Gasteiger charge is -2.35. The van der Waals surface area contributed by atoms with Gasteiger partial charge in [0.25, 0.3) is 0 Å². The number of nitrogens with one attached hydrogen (secondary N) is 1. The van der Waals surface area contributed by atoms with E-state index in [1.54, 1.807) is 38.4 Å². The van der Waals surface area contributed by atoms with Gasteiger partial charge in [-0.25, -0.2) is 10.0 Å². The zero-order valence-corrected chi connectivity index (χ0v) is 29.3. The summed E-state index contributed by atoms with van der Waals surface area (Å²) < 4.78 is 8.04. The van der Waals surface area contributed by atoms with E-state index in [0.29, 0.717) is 17.1 Å². The van der Waals surface area contributed by atoms with Crippen molar-refractivity contribution >= 4 is 45.0 Å². The molecule has 1 aliphatic rings. The largest absolute Gasteiger partial charge is 0.391 e. The van der Waals surface area contributed by atoms with Crippen LogP contribution in [0.4, 0.5) is 11.4 Å². The summed E-state index contributed by atoms with van der Waals surface area (Å²) in [5.41, 5.74) is 10.3. The fourth-order valence-electron chi connectivity index (χ4n) is 5.86. The number of halogens is 1. The van der Waals surface area contributed by atoms with Gasteiger partial charge in [0, 0.05) is 35.4 Å². The summed E-state index contributed by atoms with van der Waals surface area (Å²) in [5, 5.41) is 18.7. The van der Waals surface area contributed by atoms with E-state index in [9.17, 15) is 19.5 Å². The highest BCUT2D eigenvalue weighted by Gasteiger charge is 2.44. The number of anilines is 2. The van der Waals surface area contributed by atoms with E-state index in [-0.39, 0.29) is 13.0 Å². The summed E-state index contributed by atoms with van der Waals surface area (Å²) in [7, 11) is 0. The lowest BCUT2D eigenvalue weighted by atomic mass is 9.85. The number of nitrogens with zero attached hydrogens (tertiary/aromatic N) is 5. The van der Waals surface area contributed by atoms with Gasteiger partial charge in [-0.1, -0.05) is 38.1 Å². The van der Waals surface area contributed by atoms with Crippen molar-refractivity contribution in [1.29, 1.82) is 0 Å². The summed E-state index contributed by atoms with van der Waals surface area (Å²) in [6.45, 7) is 10.6. The number of β-amino-alcohol motifs (C(OH)–C–C–N with tert-alkyl or cyclic N) is 1. The van der Waals surface area contributed by atoms with Crippen LogP contribution in [0.5, 0.6) is 0 Å². The summed E-state index contributed by atoms with van der Waals surface area (Å²) >= 11 is 3.67. The van der Waals surface area contributed by atoms with Crippen molar-refractivity contribution in [3.8, 4) is 16.8 Å². The van der Waals surface area contributed by atoms with Crippen molar-refractivity contribution in [2.45, 2.75) is 66.2 Å². The van der Waals surface area contributed by atoms with E-state index in [0.717, 1.165) is 32.5 Å². The fraction of sp³-hybridized carbons (Fsp3) is 0.382. The second-order valence-electron chi connectivity index (χ2n) is 13.0. The third-order valence-corrected chi connectivity index (χ3v) is 8.97. The first kappa shape index (κ1) is 34.8. The molecule has 0 bridgehead atoms. The first-order valence-electron chi connectivity index (χ1n) is 15.5. The van der Waals surface area contributed by atoms with Crippen LogP contribution in [-0.2, 0) is 19.2 Å². The van der Waals surface area contributed by atoms with Gasteiger partial charge >= 0.3 is 0 Å². The summed E-state index contributed by atoms with van der Waals surface area (Å²) in [6.07, 6.45) is 4.37. The van der Waals surface area contributed by atoms with Gasteiger partial charge in [-0.05, 0) is 77.5 Å². The monoisotopic (exact) mass is 721 g/mol. The van der Waals surface area contributed by atoms with Crippen LogP contribution in [0, 0.1) is 26.2 Å². The Balaban J connectivity index is 1.46. The molecule has 48 heavy (non-hydrogen) atoms. The smallest absolute Gasteiger partial charge is 0.249 e. The van der Waals surface area contributed by atoms with Crippen molar-refractivity contribution in [3.05, 3.63) is 76.6 Å². The molecular formula is C34H40BrN7O6. The van der Waals surface area contributed by atoms with Gasteiger partial charge in [0.2, 0.25) is 17.7 Å². The molecule has 4 N–H and O–H groups in total. The fourth-order valence-corrected chi connectivity index (χ4v) is 6.43. The zero-order valence-electron chi connectivity index (χ0n) is 27.7. The number of primary amides is 1. The number of aliphatic hydroxyl groups is 1. The molecule has 14 heteroatoms. The normalized spacial score (nSPS) is 17.0. The molecule has 1 fully saturated rings. The van der Waals surface area contributed by atoms with Crippen LogP contribution < -0.4 is 16.1 Å². The Morgan fingerprint density at radius 3 is 2.54 bits per heavy atom. The standard InChI is InChI=1S/C34H40BrN7O6/c1-19-7-8-22(30-20(2)39-48-21(30)3)13-27(19)42(23-9-10-26(25(35)14-23)40-12-11-37-18-40)47-17-29(44)38-31(34(4,5)6)33(46)41-16-24(43)15-28(41)32(36)45/h7-14,18,24,28,31,43H,15-17H2,1-6H3,(H2,36,45)(H,38,44)/t24-,28+,31-/m1/s1. The topological polar surface area (TPSA) is 169 Å². The Morgan fingerprint density at radius 2 is 1.94 bits per heavy atom. The number of hydrogen-bond acceptors (Lipinski definition) is 9. The maximum atomic E-state index is 13.7. The molecule has 4 aromatic rings. The van der Waals surface area contributed by atoms with E-state index in [1.807, 2.05) is 67.9 Å². The molecule has 2 aromatic carbocycles. The van der Waals surface area contributed by atoms with Crippen LogP contribution in [-0.4, -0.2) is 73.8 Å². The van der Waals surface area contributed by atoms with Crippen LogP contribution in [0.2, 0.25) is 0 Å². The molecule has 0 radical (unpaired) electrons. The predicted octanol–water partition coefficient (Wildman–Crippen LogP) is 4.26. The first-order chi connectivity index (χ1) is 22.6. The highest BCUT2D eigenvalue weighted by molar-refractivity contribution is 9.10. The number of aromatic nitrogens is 3. The van der Waals surface area contributed by atoms with E-state index >= 15 is 0 Å². The Hall–Kier alpha value is -4.53. The number of amides is 3. The average Bonchev–Trinajstić information content (AvgIpc) is 3.77. The summed E-state index contributed by atoms with van der Waals surface area (Å²) in [4.78, 5) is 51.0. The van der Waals surface area contributed by atoms with Gasteiger partial charge in [0.05, 0.1) is 35.2 Å². The SMILES string of the molecule is Cc1ccc(-c2c(C)noc2C)cc1N(OCC(=O)N[C@H](C(=O)N1C[C@H](O)C[C@H]1C(N)=O)C(C)(C)C)c1ccc(-n2ccnc2)c(Br)c1. The Labute approximate surface area is 287 Å². The van der Waals surface area contributed by atoms with Crippen molar-refractivity contribution in [2.75, 3.05) is 18.2 Å². The number of benzene rings is 2. The molecule has 2 aromatic heterocycles. The van der Waals surface area contributed by atoms with Crippen molar-refractivity contribution in [3.63, 3.8) is 0 Å². The minimum Gasteiger partial charge on any atom is -0.391 e. The van der Waals surface area contributed by atoms with Crippen LogP contribution in [0.25, 0.3) is 16.8 Å². The molecule has 0 saturated carbocycles. The van der Waals surface area contributed by atoms with Gasteiger partial charge in [-0.15, -0.1) is 0 Å². The molecule has 13 nitrogen and oxygen atoms in total. The molecule has 1 saturated heterocycles. The number of aliphatic hydroxyl groups excluding tert-OH is 1. The molecule has 0 unspecified atom stereocenters. The van der Waals surface area contributed by atoms with Crippen molar-refractivity contribution in [1.82, 2.24) is 24.9 Å². The number of likely N-dealkylation sites (tertiary alicyclic amines) is 1. The summed E-state index contributed by atoms with van der Waals surface area (Å²) in [5.74, 6) is -1.10. The average molecular weight is 723 g/mol. The molecule has 3 atom stereocenters. The zero-order chi connectivity index (χ0) is 34.9. The number of hydrogen-bond donors (Lipinski definition) is 3. The molecule has 0 spiro atoms. The maximum Gasteiger partial charge on any atom is 0.249 e. The molecular weight excluding hydrogens is 682 g/mol. The van der Waals surface area contributed by atoms with E-state index < -0.39 is 47.9 Å². The maximum absolute atomic E-state index is 13.7. The highest BCUT2D eigenvalue weighted by Crippen LogP contribution is 2.37.